The molecule has 2 aliphatic heterocycles. The Morgan fingerprint density at radius 2 is 1.87 bits per heavy atom. The Bertz CT molecular complexity index is 552. The highest BCUT2D eigenvalue weighted by Gasteiger charge is 2.50. The Balaban J connectivity index is 1.38. The molecule has 2 heterocycles. The first-order valence-electron chi connectivity index (χ1n) is 9.30. The van der Waals surface area contributed by atoms with Crippen molar-refractivity contribution >= 4 is 5.91 Å². The second-order valence-corrected chi connectivity index (χ2v) is 7.78. The zero-order valence-corrected chi connectivity index (χ0v) is 14.1. The van der Waals surface area contributed by atoms with Crippen LogP contribution in [0.1, 0.15) is 44.1 Å². The van der Waals surface area contributed by atoms with E-state index in [0.717, 1.165) is 38.4 Å². The minimum absolute atomic E-state index is 0.329. The first kappa shape index (κ1) is 15.2. The molecule has 4 rings (SSSR count). The Labute approximate surface area is 139 Å². The maximum atomic E-state index is 13.0. The van der Waals surface area contributed by atoms with E-state index in [0.29, 0.717) is 29.7 Å². The number of carbonyl (C=O) groups excluding carboxylic acids is 1. The van der Waals surface area contributed by atoms with Gasteiger partial charge in [-0.1, -0.05) is 30.3 Å². The molecule has 124 valence electrons. The predicted octanol–water partition coefficient (Wildman–Crippen LogP) is 3.03. The summed E-state index contributed by atoms with van der Waals surface area (Å²) in [7, 11) is 0. The number of nitrogens with zero attached hydrogens (tertiary/aromatic N) is 1. The van der Waals surface area contributed by atoms with Crippen LogP contribution in [0.25, 0.3) is 0 Å². The highest BCUT2D eigenvalue weighted by atomic mass is 16.2. The van der Waals surface area contributed by atoms with Gasteiger partial charge in [0.25, 0.3) is 0 Å². The minimum atomic E-state index is 0.329. The summed E-state index contributed by atoms with van der Waals surface area (Å²) in [4.78, 5) is 15.1. The molecule has 3 fully saturated rings. The molecule has 2 unspecified atom stereocenters. The average Bonchev–Trinajstić information content (AvgIpc) is 3.31. The van der Waals surface area contributed by atoms with Gasteiger partial charge in [-0.2, -0.15) is 0 Å². The third-order valence-electron chi connectivity index (χ3n) is 6.28. The number of likely N-dealkylation sites (tertiary alicyclic amines) is 1. The van der Waals surface area contributed by atoms with E-state index in [9.17, 15) is 4.79 Å². The third kappa shape index (κ3) is 3.03. The standard InChI is InChI=1S/C20H28N2O/c1-14-11-17(15-5-3-2-4-6-15)13-22(14)20(23)19-12-18(19)16-7-9-21-10-8-16/h2-6,14,16-19,21H,7-13H2,1H3/t14?,17?,18-,19+/m0/s1. The summed E-state index contributed by atoms with van der Waals surface area (Å²) in [5.41, 5.74) is 1.39. The molecule has 23 heavy (non-hydrogen) atoms. The Morgan fingerprint density at radius 3 is 2.61 bits per heavy atom. The second kappa shape index (κ2) is 6.27. The molecule has 2 saturated heterocycles. The van der Waals surface area contributed by atoms with Gasteiger partial charge >= 0.3 is 0 Å². The van der Waals surface area contributed by atoms with Gasteiger partial charge in [0.1, 0.15) is 0 Å². The summed E-state index contributed by atoms with van der Waals surface area (Å²) in [5.74, 6) is 2.75. The first-order chi connectivity index (χ1) is 11.2. The molecule has 0 spiro atoms. The normalized spacial score (nSPS) is 34.6. The van der Waals surface area contributed by atoms with E-state index in [4.69, 9.17) is 0 Å². The quantitative estimate of drug-likeness (QED) is 0.930. The molecule has 0 bridgehead atoms. The van der Waals surface area contributed by atoms with Crippen LogP contribution in [0.3, 0.4) is 0 Å². The summed E-state index contributed by atoms with van der Waals surface area (Å²) < 4.78 is 0. The number of rotatable bonds is 3. The fraction of sp³-hybridized carbons (Fsp3) is 0.650. The molecular weight excluding hydrogens is 284 g/mol. The van der Waals surface area contributed by atoms with Crippen LogP contribution < -0.4 is 5.32 Å². The largest absolute Gasteiger partial charge is 0.339 e. The van der Waals surface area contributed by atoms with Gasteiger partial charge in [0.15, 0.2) is 0 Å². The van der Waals surface area contributed by atoms with Gasteiger partial charge in [0.2, 0.25) is 5.91 Å². The number of amides is 1. The average molecular weight is 312 g/mol. The van der Waals surface area contributed by atoms with Crippen molar-refractivity contribution in [2.45, 2.75) is 44.6 Å². The van der Waals surface area contributed by atoms with Crippen LogP contribution >= 0.6 is 0 Å². The lowest BCUT2D eigenvalue weighted by atomic mass is 9.92. The van der Waals surface area contributed by atoms with E-state index in [2.05, 4.69) is 47.5 Å². The number of hydrogen-bond donors (Lipinski definition) is 1. The van der Waals surface area contributed by atoms with E-state index in [-0.39, 0.29) is 0 Å². The molecule has 4 atom stereocenters. The van der Waals surface area contributed by atoms with Gasteiger partial charge in [-0.3, -0.25) is 4.79 Å². The number of carbonyl (C=O) groups is 1. The fourth-order valence-electron chi connectivity index (χ4n) is 4.81. The predicted molar refractivity (Wildman–Crippen MR) is 92.2 cm³/mol. The summed E-state index contributed by atoms with van der Waals surface area (Å²) in [6.07, 6.45) is 4.77. The molecule has 1 aromatic rings. The van der Waals surface area contributed by atoms with Gasteiger partial charge < -0.3 is 10.2 Å². The van der Waals surface area contributed by atoms with E-state index >= 15 is 0 Å². The summed E-state index contributed by atoms with van der Waals surface area (Å²) >= 11 is 0. The first-order valence-corrected chi connectivity index (χ1v) is 9.30. The van der Waals surface area contributed by atoms with Crippen LogP contribution in [0.2, 0.25) is 0 Å². The zero-order valence-electron chi connectivity index (χ0n) is 14.1. The molecule has 1 amide bonds. The number of hydrogen-bond acceptors (Lipinski definition) is 2. The van der Waals surface area contributed by atoms with Crippen molar-refractivity contribution in [1.29, 1.82) is 0 Å². The van der Waals surface area contributed by atoms with E-state index in [1.165, 1.54) is 18.4 Å². The highest BCUT2D eigenvalue weighted by Crippen LogP contribution is 2.49. The van der Waals surface area contributed by atoms with Gasteiger partial charge in [-0.25, -0.2) is 0 Å². The SMILES string of the molecule is CC1CC(c2ccccc2)CN1C(=O)[C@@H]1C[C@H]1C1CCNCC1. The second-order valence-electron chi connectivity index (χ2n) is 7.78. The topological polar surface area (TPSA) is 32.3 Å². The van der Waals surface area contributed by atoms with Crippen LogP contribution in [-0.4, -0.2) is 36.5 Å². The third-order valence-corrected chi connectivity index (χ3v) is 6.28. The van der Waals surface area contributed by atoms with Gasteiger partial charge in [-0.15, -0.1) is 0 Å². The monoisotopic (exact) mass is 312 g/mol. The van der Waals surface area contributed by atoms with Crippen LogP contribution in [0, 0.1) is 17.8 Å². The van der Waals surface area contributed by atoms with Crippen LogP contribution in [0.15, 0.2) is 30.3 Å². The number of benzene rings is 1. The molecule has 1 N–H and O–H groups in total. The van der Waals surface area contributed by atoms with Crippen molar-refractivity contribution in [1.82, 2.24) is 10.2 Å². The van der Waals surface area contributed by atoms with Crippen molar-refractivity contribution in [3.8, 4) is 0 Å². The number of nitrogens with one attached hydrogen (secondary N) is 1. The summed E-state index contributed by atoms with van der Waals surface area (Å²) in [5, 5.41) is 3.43. The molecular formula is C20H28N2O. The molecule has 3 aliphatic rings. The number of piperidine rings is 1. The van der Waals surface area contributed by atoms with E-state index in [1.807, 2.05) is 0 Å². The van der Waals surface area contributed by atoms with Crippen LogP contribution in [-0.2, 0) is 4.79 Å². The van der Waals surface area contributed by atoms with Crippen molar-refractivity contribution in [3.05, 3.63) is 35.9 Å². The highest BCUT2D eigenvalue weighted by molar-refractivity contribution is 5.82. The smallest absolute Gasteiger partial charge is 0.226 e. The molecule has 0 aromatic heterocycles. The summed E-state index contributed by atoms with van der Waals surface area (Å²) in [6.45, 7) is 5.42. The van der Waals surface area contributed by atoms with Gasteiger partial charge in [0.05, 0.1) is 0 Å². The summed E-state index contributed by atoms with van der Waals surface area (Å²) in [6, 6.07) is 11.1. The lowest BCUT2D eigenvalue weighted by molar-refractivity contribution is -0.133. The Kier molecular flexibility index (Phi) is 4.14. The molecule has 3 nitrogen and oxygen atoms in total. The zero-order chi connectivity index (χ0) is 15.8. The van der Waals surface area contributed by atoms with Crippen molar-refractivity contribution in [2.24, 2.45) is 17.8 Å². The lowest BCUT2D eigenvalue weighted by Gasteiger charge is -2.25. The van der Waals surface area contributed by atoms with E-state index < -0.39 is 0 Å². The van der Waals surface area contributed by atoms with E-state index in [1.54, 1.807) is 0 Å². The van der Waals surface area contributed by atoms with Crippen LogP contribution in [0.4, 0.5) is 0 Å². The Hall–Kier alpha value is -1.35. The maximum Gasteiger partial charge on any atom is 0.226 e. The molecule has 0 radical (unpaired) electrons. The Morgan fingerprint density at radius 1 is 1.13 bits per heavy atom. The van der Waals surface area contributed by atoms with Crippen molar-refractivity contribution in [3.63, 3.8) is 0 Å². The molecule has 1 saturated carbocycles. The molecule has 1 aromatic carbocycles. The van der Waals surface area contributed by atoms with Crippen LogP contribution in [0.5, 0.6) is 0 Å². The molecule has 1 aliphatic carbocycles. The lowest BCUT2D eigenvalue weighted by Crippen LogP contribution is -2.36. The molecule has 3 heteroatoms. The fourth-order valence-corrected chi connectivity index (χ4v) is 4.81. The minimum Gasteiger partial charge on any atom is -0.339 e. The van der Waals surface area contributed by atoms with Gasteiger partial charge in [-0.05, 0) is 63.1 Å². The van der Waals surface area contributed by atoms with Gasteiger partial charge in [0, 0.05) is 24.4 Å². The van der Waals surface area contributed by atoms with Crippen molar-refractivity contribution in [2.75, 3.05) is 19.6 Å². The van der Waals surface area contributed by atoms with Crippen molar-refractivity contribution < 1.29 is 4.79 Å². The maximum absolute atomic E-state index is 13.0.